The van der Waals surface area contributed by atoms with Gasteiger partial charge >= 0.3 is 0 Å². The zero-order valence-corrected chi connectivity index (χ0v) is 30.6. The third kappa shape index (κ3) is 6.93. The zero-order chi connectivity index (χ0) is 20.2. The molecule has 0 amide bonds. The van der Waals surface area contributed by atoms with Crippen LogP contribution in [0.4, 0.5) is 0 Å². The van der Waals surface area contributed by atoms with Gasteiger partial charge in [-0.1, -0.05) is 105 Å². The molecule has 0 bridgehead atoms. The molecule has 0 aliphatic heterocycles. The molecule has 0 atom stereocenters. The van der Waals surface area contributed by atoms with E-state index in [2.05, 4.69) is 105 Å². The SMILES string of the molecule is C[Si](C)(C)[Si]([Si](C)(C)C)[Si](C)(C)[Si](C)(C)[Si]([Si](C)(C)C)[Si](C)(C)C.[Ge]. The van der Waals surface area contributed by atoms with E-state index in [9.17, 15) is 0 Å². The average molecular weight is 538 g/mol. The van der Waals surface area contributed by atoms with E-state index < -0.39 is 44.6 Å². The molecule has 0 fully saturated rings. The fourth-order valence-electron chi connectivity index (χ4n) is 6.62. The third-order valence-electron chi connectivity index (χ3n) is 5.81. The number of rotatable bonds is 7. The van der Waals surface area contributed by atoms with Crippen LogP contribution in [0.5, 0.6) is 0 Å². The maximum atomic E-state index is 2.93. The molecule has 0 heterocycles. The first-order valence-corrected chi connectivity index (χ1v) is 39.8. The van der Waals surface area contributed by atoms with Crippen molar-refractivity contribution < 1.29 is 0 Å². The van der Waals surface area contributed by atoms with Crippen molar-refractivity contribution in [1.29, 1.82) is 0 Å². The van der Waals surface area contributed by atoms with Crippen LogP contribution in [0.25, 0.3) is 0 Å². The normalized spacial score (nSPS) is 15.6. The Morgan fingerprint density at radius 3 is 0.520 bits per heavy atom. The quantitative estimate of drug-likeness (QED) is 0.354. The second kappa shape index (κ2) is 8.56. The van der Waals surface area contributed by atoms with E-state index in [0.717, 1.165) is 0 Å². The molecule has 148 valence electrons. The molecule has 0 saturated heterocycles. The standard InChI is InChI=1S/C16H48Si8.Ge/c1-19(2,3)17(20(4,5)6)23(13,14)24(15,16)18(21(7,8)9)22(10,11)12;/h1-16H3;. The molecular weight excluding hydrogens is 489 g/mol. The Bertz CT molecular complexity index is 365. The average Bonchev–Trinajstić information content (AvgIpc) is 2.02. The molecular formula is C16H48GeSi8. The summed E-state index contributed by atoms with van der Waals surface area (Å²) < 4.78 is 0. The second-order valence-corrected chi connectivity index (χ2v) is 93.0. The Morgan fingerprint density at radius 2 is 0.440 bits per heavy atom. The zero-order valence-electron chi connectivity index (χ0n) is 20.5. The molecule has 0 aromatic heterocycles. The van der Waals surface area contributed by atoms with Gasteiger partial charge in [-0.05, 0) is 0 Å². The van der Waals surface area contributed by atoms with Gasteiger partial charge in [0.1, 0.15) is 0 Å². The van der Waals surface area contributed by atoms with Crippen molar-refractivity contribution in [3.05, 3.63) is 0 Å². The summed E-state index contributed by atoms with van der Waals surface area (Å²) in [4.78, 5) is 0. The molecule has 25 heavy (non-hydrogen) atoms. The Hall–Kier alpha value is 2.28. The van der Waals surface area contributed by atoms with Crippen molar-refractivity contribution in [3.8, 4) is 0 Å². The topological polar surface area (TPSA) is 0 Å². The summed E-state index contributed by atoms with van der Waals surface area (Å²) in [6, 6.07) is 0. The summed E-state index contributed by atoms with van der Waals surface area (Å²) in [5, 5.41) is 0. The molecule has 6 radical (unpaired) electrons. The van der Waals surface area contributed by atoms with Crippen molar-refractivity contribution in [3.63, 3.8) is 0 Å². The summed E-state index contributed by atoms with van der Waals surface area (Å²) in [6.07, 6.45) is 0. The fourth-order valence-corrected chi connectivity index (χ4v) is 273. The van der Waals surface area contributed by atoms with E-state index in [0.29, 0.717) is 0 Å². The van der Waals surface area contributed by atoms with Crippen LogP contribution in [0.15, 0.2) is 0 Å². The molecule has 0 aliphatic rings. The largest absolute Gasteiger partial charge is 0.0739 e. The number of hydrogen-bond acceptors (Lipinski definition) is 0. The van der Waals surface area contributed by atoms with Crippen molar-refractivity contribution >= 4 is 76.9 Å². The van der Waals surface area contributed by atoms with Crippen LogP contribution < -0.4 is 0 Å². The summed E-state index contributed by atoms with van der Waals surface area (Å²) in [7, 11) is -6.61. The van der Waals surface area contributed by atoms with Gasteiger partial charge in [0.2, 0.25) is 0 Å². The van der Waals surface area contributed by atoms with Gasteiger partial charge in [0, 0.05) is 76.9 Å². The maximum absolute atomic E-state index is 2.93. The minimum Gasteiger partial charge on any atom is -0.0739 e. The molecule has 9 heteroatoms. The molecule has 0 saturated carbocycles. The van der Waals surface area contributed by atoms with Gasteiger partial charge in [-0.25, -0.2) is 0 Å². The van der Waals surface area contributed by atoms with Gasteiger partial charge in [-0.3, -0.25) is 0 Å². The van der Waals surface area contributed by atoms with Crippen LogP contribution in [0.2, 0.25) is 105 Å². The van der Waals surface area contributed by atoms with Crippen molar-refractivity contribution in [2.75, 3.05) is 0 Å². The van der Waals surface area contributed by atoms with E-state index in [1.54, 1.807) is 0 Å². The van der Waals surface area contributed by atoms with E-state index in [1.807, 2.05) is 0 Å². The molecule has 0 nitrogen and oxygen atoms in total. The van der Waals surface area contributed by atoms with Crippen LogP contribution in [-0.2, 0) is 0 Å². The van der Waals surface area contributed by atoms with Gasteiger partial charge in [-0.2, -0.15) is 0 Å². The molecule has 0 unspecified atom stereocenters. The summed E-state index contributed by atoms with van der Waals surface area (Å²) in [6.45, 7) is 44.6. The van der Waals surface area contributed by atoms with Crippen LogP contribution in [-0.4, -0.2) is 76.9 Å². The summed E-state index contributed by atoms with van der Waals surface area (Å²) in [5.41, 5.74) is 0. The van der Waals surface area contributed by atoms with Crippen LogP contribution in [0.1, 0.15) is 0 Å². The molecule has 0 spiro atoms. The number of hydrogen-bond donors (Lipinski definition) is 0. The van der Waals surface area contributed by atoms with Crippen molar-refractivity contribution in [1.82, 2.24) is 0 Å². The molecule has 0 N–H and O–H groups in total. The fraction of sp³-hybridized carbons (Fsp3) is 1.00. The van der Waals surface area contributed by atoms with E-state index in [-0.39, 0.29) is 32.3 Å². The van der Waals surface area contributed by atoms with Crippen molar-refractivity contribution in [2.45, 2.75) is 105 Å². The van der Waals surface area contributed by atoms with E-state index >= 15 is 0 Å². The van der Waals surface area contributed by atoms with Gasteiger partial charge < -0.3 is 0 Å². The molecule has 0 aliphatic carbocycles. The Balaban J connectivity index is 0. The smallest absolute Gasteiger partial charge is 0.0303 e. The predicted molar refractivity (Wildman–Crippen MR) is 146 cm³/mol. The van der Waals surface area contributed by atoms with Crippen LogP contribution in [0.3, 0.4) is 0 Å². The van der Waals surface area contributed by atoms with E-state index in [1.165, 1.54) is 0 Å². The summed E-state index contributed by atoms with van der Waals surface area (Å²) in [5.74, 6) is 0. The van der Waals surface area contributed by atoms with Crippen molar-refractivity contribution in [2.24, 2.45) is 0 Å². The first-order chi connectivity index (χ1) is 9.98. The van der Waals surface area contributed by atoms with Gasteiger partial charge in [0.15, 0.2) is 0 Å². The minimum atomic E-state index is -1.13. The monoisotopic (exact) mass is 538 g/mol. The third-order valence-corrected chi connectivity index (χ3v) is 156. The first kappa shape index (κ1) is 29.5. The first-order valence-electron chi connectivity index (χ1n) is 9.75. The predicted octanol–water partition coefficient (Wildman–Crippen LogP) is 5.91. The Labute approximate surface area is 180 Å². The van der Waals surface area contributed by atoms with Crippen LogP contribution >= 0.6 is 0 Å². The van der Waals surface area contributed by atoms with Gasteiger partial charge in [0.25, 0.3) is 0 Å². The molecule has 0 aromatic carbocycles. The van der Waals surface area contributed by atoms with Gasteiger partial charge in [-0.15, -0.1) is 0 Å². The Morgan fingerprint density at radius 1 is 0.320 bits per heavy atom. The molecule has 0 rings (SSSR count). The van der Waals surface area contributed by atoms with E-state index in [4.69, 9.17) is 0 Å². The van der Waals surface area contributed by atoms with Crippen LogP contribution in [0, 0.1) is 0 Å². The second-order valence-electron chi connectivity index (χ2n) is 13.0. The van der Waals surface area contributed by atoms with Gasteiger partial charge in [0.05, 0.1) is 0 Å². The Kier molecular flexibility index (Phi) is 10.1. The maximum Gasteiger partial charge on any atom is 0.0303 e. The summed E-state index contributed by atoms with van der Waals surface area (Å²) >= 11 is 0. The molecule has 0 aromatic rings. The minimum absolute atomic E-state index is 0.